The van der Waals surface area contributed by atoms with Crippen LogP contribution < -0.4 is 0 Å². The second-order valence-electron chi connectivity index (χ2n) is 1.40. The van der Waals surface area contributed by atoms with E-state index in [1.165, 1.54) is 0 Å². The molecule has 10 heavy (non-hydrogen) atoms. The number of allylic oxidation sites excluding steroid dienone is 3. The minimum atomic E-state index is 0.178. The Kier molecular flexibility index (Phi) is 5.15. The summed E-state index contributed by atoms with van der Waals surface area (Å²) in [6, 6.07) is 0. The van der Waals surface area contributed by atoms with Crippen molar-refractivity contribution in [1.29, 1.82) is 0 Å². The maximum absolute atomic E-state index is 10.2. The van der Waals surface area contributed by atoms with Crippen LogP contribution in [0, 0.1) is 0 Å². The first-order valence-corrected chi connectivity index (χ1v) is 4.73. The molecule has 0 fully saturated rings. The molecule has 0 aromatic rings. The van der Waals surface area contributed by atoms with Crippen LogP contribution >= 0.6 is 23.2 Å². The zero-order valence-electron chi connectivity index (χ0n) is 4.93. The van der Waals surface area contributed by atoms with E-state index in [0.29, 0.717) is 11.3 Å². The third-order valence-electron chi connectivity index (χ3n) is 0.771. The topological polar surface area (TPSA) is 17.1 Å². The number of carbonyl (C=O) groups is 1. The van der Waals surface area contributed by atoms with Gasteiger partial charge in [0.1, 0.15) is 0 Å². The predicted octanol–water partition coefficient (Wildman–Crippen LogP) is 1.78. The quantitative estimate of drug-likeness (QED) is 0.432. The second-order valence-corrected chi connectivity index (χ2v) is 3.11. The van der Waals surface area contributed by atoms with Crippen LogP contribution in [0.3, 0.4) is 0 Å². The molecule has 0 saturated carbocycles. The van der Waals surface area contributed by atoms with Crippen molar-refractivity contribution in [2.45, 2.75) is 0 Å². The van der Waals surface area contributed by atoms with Crippen LogP contribution in [0.5, 0.6) is 0 Å². The molecular weight excluding hydrogens is 343 g/mol. The second kappa shape index (κ2) is 5.01. The molecule has 0 bridgehead atoms. The van der Waals surface area contributed by atoms with Gasteiger partial charge in [-0.15, -0.1) is 0 Å². The van der Waals surface area contributed by atoms with E-state index >= 15 is 0 Å². The van der Waals surface area contributed by atoms with Crippen LogP contribution in [0.15, 0.2) is 22.2 Å². The molecule has 0 aliphatic rings. The van der Waals surface area contributed by atoms with Gasteiger partial charge in [-0.25, -0.2) is 0 Å². The van der Waals surface area contributed by atoms with Gasteiger partial charge in [-0.2, -0.15) is 0 Å². The number of carbonyl (C=O) groups excluding carboxylic acids is 1. The summed E-state index contributed by atoms with van der Waals surface area (Å²) in [5.41, 5.74) is 0.262. The van der Waals surface area contributed by atoms with E-state index in [-0.39, 0.29) is 10.6 Å². The van der Waals surface area contributed by atoms with E-state index in [0.717, 1.165) is 19.4 Å². The summed E-state index contributed by atoms with van der Waals surface area (Å²) in [6.45, 7) is 3.38. The molecule has 0 aromatic heterocycles. The van der Waals surface area contributed by atoms with Crippen molar-refractivity contribution in [3.8, 4) is 0 Å². The summed E-state index contributed by atoms with van der Waals surface area (Å²) in [5.74, 6) is 0. The molecule has 0 amide bonds. The molecule has 0 spiro atoms. The molecule has 0 unspecified atom stereocenters. The molecule has 1 nitrogen and oxygen atoms in total. The van der Waals surface area contributed by atoms with E-state index in [9.17, 15) is 4.79 Å². The standard InChI is InChI=1S/C6H4Cl2O.W/c1-4(7)6(3-9)5(2)8;/h1,3H,2H2;. The van der Waals surface area contributed by atoms with Gasteiger partial charge < -0.3 is 0 Å². The van der Waals surface area contributed by atoms with Gasteiger partial charge in [-0.05, 0) is 0 Å². The summed E-state index contributed by atoms with van der Waals surface area (Å²) in [6.07, 6.45) is 0.594. The zero-order chi connectivity index (χ0) is 8.15. The maximum atomic E-state index is 10.2. The van der Waals surface area contributed by atoms with Crippen LogP contribution in [-0.2, 0) is 24.1 Å². The number of hydrogen-bond acceptors (Lipinski definition) is 1. The van der Waals surface area contributed by atoms with Gasteiger partial charge in [-0.3, -0.25) is 0 Å². The SMILES string of the molecule is C=C(Cl)C(C=O)=C(Cl)[CH]=[W]. The third kappa shape index (κ3) is 2.92. The van der Waals surface area contributed by atoms with E-state index in [4.69, 9.17) is 23.2 Å². The Morgan fingerprint density at radius 3 is 2.10 bits per heavy atom. The van der Waals surface area contributed by atoms with Crippen LogP contribution in [0.1, 0.15) is 0 Å². The monoisotopic (exact) mass is 346 g/mol. The van der Waals surface area contributed by atoms with E-state index < -0.39 is 0 Å². The fourth-order valence-electron chi connectivity index (χ4n) is 0.313. The normalized spacial score (nSPS) is 11.8. The van der Waals surface area contributed by atoms with Crippen molar-refractivity contribution in [3.63, 3.8) is 0 Å². The van der Waals surface area contributed by atoms with Gasteiger partial charge in [0, 0.05) is 0 Å². The molecule has 0 aliphatic heterocycles. The molecule has 4 heteroatoms. The summed E-state index contributed by atoms with van der Waals surface area (Å²) >= 11 is 12.2. The van der Waals surface area contributed by atoms with Crippen molar-refractivity contribution in [2.75, 3.05) is 0 Å². The number of rotatable bonds is 3. The molecule has 54 valence electrons. The van der Waals surface area contributed by atoms with Crippen molar-refractivity contribution in [1.82, 2.24) is 0 Å². The molecular formula is C6H4Cl2OW. The van der Waals surface area contributed by atoms with Crippen LogP contribution in [0.25, 0.3) is 0 Å². The Morgan fingerprint density at radius 2 is 2.00 bits per heavy atom. The van der Waals surface area contributed by atoms with E-state index in [2.05, 4.69) is 6.58 Å². The van der Waals surface area contributed by atoms with Gasteiger partial charge >= 0.3 is 80.3 Å². The van der Waals surface area contributed by atoms with Crippen molar-refractivity contribution < 1.29 is 24.1 Å². The first kappa shape index (κ1) is 10.3. The Hall–Kier alpha value is 0.288. The molecule has 0 atom stereocenters. The Labute approximate surface area is 80.1 Å². The van der Waals surface area contributed by atoms with Gasteiger partial charge in [0.05, 0.1) is 0 Å². The average Bonchev–Trinajstić information content (AvgIpc) is 1.88. The molecule has 0 saturated heterocycles. The fraction of sp³-hybridized carbons (Fsp3) is 0. The molecule has 0 aliphatic carbocycles. The van der Waals surface area contributed by atoms with E-state index in [1.54, 1.807) is 4.40 Å². The summed E-state index contributed by atoms with van der Waals surface area (Å²) in [4.78, 5) is 10.2. The average molecular weight is 347 g/mol. The van der Waals surface area contributed by atoms with Gasteiger partial charge in [-0.1, -0.05) is 0 Å². The summed E-state index contributed by atoms with van der Waals surface area (Å²) < 4.78 is 1.67. The molecule has 0 rings (SSSR count). The molecule has 0 heterocycles. The van der Waals surface area contributed by atoms with Gasteiger partial charge in [0.15, 0.2) is 0 Å². The van der Waals surface area contributed by atoms with Gasteiger partial charge in [0.2, 0.25) is 0 Å². The Bertz CT molecular complexity index is 208. The van der Waals surface area contributed by atoms with Crippen LogP contribution in [0.2, 0.25) is 0 Å². The summed E-state index contributed by atoms with van der Waals surface area (Å²) in [5, 5.41) is 0.544. The van der Waals surface area contributed by atoms with E-state index in [1.807, 2.05) is 0 Å². The zero-order valence-corrected chi connectivity index (χ0v) is 9.38. The molecule has 0 radical (unpaired) electrons. The molecule has 0 aromatic carbocycles. The van der Waals surface area contributed by atoms with Crippen LogP contribution in [-0.4, -0.2) is 10.7 Å². The summed E-state index contributed by atoms with van der Waals surface area (Å²) in [7, 11) is 0. The number of halogens is 2. The third-order valence-corrected chi connectivity index (χ3v) is 2.65. The van der Waals surface area contributed by atoms with Gasteiger partial charge in [0.25, 0.3) is 0 Å². The number of hydrogen-bond donors (Lipinski definition) is 0. The fourth-order valence-corrected chi connectivity index (χ4v) is 1.12. The Morgan fingerprint density at radius 1 is 1.50 bits per heavy atom. The first-order valence-electron chi connectivity index (χ1n) is 2.28. The van der Waals surface area contributed by atoms with Crippen molar-refractivity contribution in [2.24, 2.45) is 0 Å². The van der Waals surface area contributed by atoms with Crippen LogP contribution in [0.4, 0.5) is 0 Å². The first-order chi connectivity index (χ1) is 4.63. The van der Waals surface area contributed by atoms with Crippen molar-refractivity contribution in [3.05, 3.63) is 22.2 Å². The van der Waals surface area contributed by atoms with Crippen molar-refractivity contribution >= 4 is 33.9 Å². The minimum absolute atomic E-state index is 0.178. The molecule has 0 N–H and O–H groups in total. The number of aldehydes is 1. The predicted molar refractivity (Wildman–Crippen MR) is 40.0 cm³/mol. The Balaban J connectivity index is 4.79.